The van der Waals surface area contributed by atoms with E-state index in [4.69, 9.17) is 33.7 Å². The first-order chi connectivity index (χ1) is 14.5. The van der Waals surface area contributed by atoms with Gasteiger partial charge >= 0.3 is 0 Å². The third kappa shape index (κ3) is 6.12. The molecule has 0 aliphatic carbocycles. The van der Waals surface area contributed by atoms with Gasteiger partial charge in [-0.2, -0.15) is 0 Å². The van der Waals surface area contributed by atoms with Crippen LogP contribution in [0.15, 0.2) is 60.7 Å². The van der Waals surface area contributed by atoms with E-state index < -0.39 is 0 Å². The van der Waals surface area contributed by atoms with Crippen LogP contribution in [0, 0.1) is 0 Å². The van der Waals surface area contributed by atoms with E-state index in [1.807, 2.05) is 43.3 Å². The zero-order chi connectivity index (χ0) is 21.5. The van der Waals surface area contributed by atoms with Crippen LogP contribution in [0.2, 0.25) is 10.0 Å². The van der Waals surface area contributed by atoms with Crippen LogP contribution in [0.3, 0.4) is 0 Å². The Morgan fingerprint density at radius 3 is 2.30 bits per heavy atom. The molecule has 0 amide bonds. The fraction of sp³-hybridized carbons (Fsp3) is 0.231. The topological polar surface area (TPSA) is 35.2 Å². The van der Waals surface area contributed by atoms with Crippen molar-refractivity contribution in [3.8, 4) is 5.75 Å². The maximum absolute atomic E-state index is 6.20. The summed E-state index contributed by atoms with van der Waals surface area (Å²) in [6.45, 7) is 2.03. The minimum absolute atomic E-state index is 0.0592. The highest BCUT2D eigenvalue weighted by Gasteiger charge is 2.12. The standard InChI is InChI=1S/C26H27Cl2NO/c1-18(29)14-22-17-23(30-2)16-21(11-8-20-10-13-25(27)26(28)15-20)24(22)12-9-19-6-4-3-5-7-19/h3-7,9-10,12-13,15-18H,8,11,14,29H2,1-2H3. The van der Waals surface area contributed by atoms with E-state index in [2.05, 4.69) is 36.4 Å². The van der Waals surface area contributed by atoms with Crippen LogP contribution in [0.1, 0.15) is 34.7 Å². The van der Waals surface area contributed by atoms with Crippen molar-refractivity contribution in [3.63, 3.8) is 0 Å². The second kappa shape index (κ2) is 10.7. The number of rotatable bonds is 8. The Balaban J connectivity index is 1.97. The first-order valence-corrected chi connectivity index (χ1v) is 10.8. The molecule has 1 unspecified atom stereocenters. The summed E-state index contributed by atoms with van der Waals surface area (Å²) in [5, 5.41) is 1.16. The van der Waals surface area contributed by atoms with Gasteiger partial charge in [0.05, 0.1) is 17.2 Å². The number of benzene rings is 3. The molecule has 30 heavy (non-hydrogen) atoms. The lowest BCUT2D eigenvalue weighted by Gasteiger charge is -2.16. The van der Waals surface area contributed by atoms with Gasteiger partial charge in [0.25, 0.3) is 0 Å². The second-order valence-corrected chi connectivity index (χ2v) is 8.35. The second-order valence-electron chi connectivity index (χ2n) is 7.53. The summed E-state index contributed by atoms with van der Waals surface area (Å²) in [6.07, 6.45) is 6.83. The van der Waals surface area contributed by atoms with Crippen molar-refractivity contribution in [1.29, 1.82) is 0 Å². The van der Waals surface area contributed by atoms with Gasteiger partial charge in [0, 0.05) is 6.04 Å². The highest BCUT2D eigenvalue weighted by molar-refractivity contribution is 6.42. The third-order valence-electron chi connectivity index (χ3n) is 5.01. The SMILES string of the molecule is COc1cc(CCc2ccc(Cl)c(Cl)c2)c(C=Cc2ccccc2)c(CC(C)N)c1. The van der Waals surface area contributed by atoms with Gasteiger partial charge in [0.1, 0.15) is 5.75 Å². The molecular weight excluding hydrogens is 413 g/mol. The third-order valence-corrected chi connectivity index (χ3v) is 5.75. The lowest BCUT2D eigenvalue weighted by Crippen LogP contribution is -2.19. The van der Waals surface area contributed by atoms with Crippen LogP contribution >= 0.6 is 23.2 Å². The van der Waals surface area contributed by atoms with Crippen molar-refractivity contribution in [2.45, 2.75) is 32.2 Å². The minimum atomic E-state index is 0.0592. The molecule has 2 nitrogen and oxygen atoms in total. The van der Waals surface area contributed by atoms with E-state index >= 15 is 0 Å². The monoisotopic (exact) mass is 439 g/mol. The molecule has 3 aromatic rings. The van der Waals surface area contributed by atoms with Crippen molar-refractivity contribution < 1.29 is 4.74 Å². The van der Waals surface area contributed by atoms with Gasteiger partial charge in [-0.05, 0) is 78.3 Å². The largest absolute Gasteiger partial charge is 0.497 e. The summed E-state index contributed by atoms with van der Waals surface area (Å²) < 4.78 is 5.58. The number of nitrogens with two attached hydrogens (primary N) is 1. The molecule has 0 aromatic heterocycles. The van der Waals surface area contributed by atoms with Crippen molar-refractivity contribution in [2.24, 2.45) is 5.73 Å². The number of hydrogen-bond acceptors (Lipinski definition) is 2. The molecule has 0 fully saturated rings. The van der Waals surface area contributed by atoms with E-state index in [1.165, 1.54) is 16.7 Å². The number of methoxy groups -OCH3 is 1. The Hall–Kier alpha value is -2.26. The Morgan fingerprint density at radius 2 is 1.63 bits per heavy atom. The van der Waals surface area contributed by atoms with Crippen molar-refractivity contribution in [2.75, 3.05) is 7.11 Å². The van der Waals surface area contributed by atoms with Gasteiger partial charge in [0.2, 0.25) is 0 Å². The number of halogens is 2. The predicted octanol–water partition coefficient (Wildman–Crippen LogP) is 6.85. The number of hydrogen-bond donors (Lipinski definition) is 1. The average Bonchev–Trinajstić information content (AvgIpc) is 2.73. The van der Waals surface area contributed by atoms with Crippen LogP contribution in [0.4, 0.5) is 0 Å². The molecule has 0 heterocycles. The maximum Gasteiger partial charge on any atom is 0.119 e. The van der Waals surface area contributed by atoms with Crippen LogP contribution < -0.4 is 10.5 Å². The van der Waals surface area contributed by atoms with E-state index in [9.17, 15) is 0 Å². The summed E-state index contributed by atoms with van der Waals surface area (Å²) in [6, 6.07) is 20.4. The average molecular weight is 440 g/mol. The van der Waals surface area contributed by atoms with Crippen LogP contribution in [-0.2, 0) is 19.3 Å². The molecular formula is C26H27Cl2NO. The highest BCUT2D eigenvalue weighted by atomic mass is 35.5. The Bertz CT molecular complexity index is 1010. The van der Waals surface area contributed by atoms with E-state index in [-0.39, 0.29) is 6.04 Å². The van der Waals surface area contributed by atoms with Gasteiger partial charge in [-0.25, -0.2) is 0 Å². The summed E-state index contributed by atoms with van der Waals surface area (Å²) in [7, 11) is 1.70. The summed E-state index contributed by atoms with van der Waals surface area (Å²) in [5.41, 5.74) is 12.1. The molecule has 0 spiro atoms. The molecule has 3 rings (SSSR count). The fourth-order valence-corrected chi connectivity index (χ4v) is 3.84. The van der Waals surface area contributed by atoms with Gasteiger partial charge < -0.3 is 10.5 Å². The molecule has 1 atom stereocenters. The van der Waals surface area contributed by atoms with E-state index in [0.29, 0.717) is 10.0 Å². The molecule has 0 aliphatic heterocycles. The van der Waals surface area contributed by atoms with Gasteiger partial charge in [0.15, 0.2) is 0 Å². The molecule has 2 N–H and O–H groups in total. The first-order valence-electron chi connectivity index (χ1n) is 10.1. The van der Waals surface area contributed by atoms with Crippen molar-refractivity contribution in [3.05, 3.63) is 98.5 Å². The van der Waals surface area contributed by atoms with Crippen LogP contribution in [0.5, 0.6) is 5.75 Å². The predicted molar refractivity (Wildman–Crippen MR) is 130 cm³/mol. The van der Waals surface area contributed by atoms with Gasteiger partial charge in [-0.1, -0.05) is 71.8 Å². The summed E-state index contributed by atoms with van der Waals surface area (Å²) in [5.74, 6) is 0.853. The smallest absolute Gasteiger partial charge is 0.119 e. The summed E-state index contributed by atoms with van der Waals surface area (Å²) in [4.78, 5) is 0. The maximum atomic E-state index is 6.20. The first kappa shape index (κ1) is 22.4. The van der Waals surface area contributed by atoms with Crippen LogP contribution in [0.25, 0.3) is 12.2 Å². The van der Waals surface area contributed by atoms with Gasteiger partial charge in [-0.15, -0.1) is 0 Å². The lowest BCUT2D eigenvalue weighted by atomic mass is 9.92. The zero-order valence-electron chi connectivity index (χ0n) is 17.4. The minimum Gasteiger partial charge on any atom is -0.497 e. The summed E-state index contributed by atoms with van der Waals surface area (Å²) >= 11 is 12.3. The van der Waals surface area contributed by atoms with E-state index in [1.54, 1.807) is 7.11 Å². The molecule has 0 saturated heterocycles. The Labute approximate surface area is 189 Å². The number of aryl methyl sites for hydroxylation is 2. The fourth-order valence-electron chi connectivity index (χ4n) is 3.52. The highest BCUT2D eigenvalue weighted by Crippen LogP contribution is 2.28. The lowest BCUT2D eigenvalue weighted by molar-refractivity contribution is 0.413. The molecule has 0 bridgehead atoms. The molecule has 0 saturated carbocycles. The quantitative estimate of drug-likeness (QED) is 0.389. The Morgan fingerprint density at radius 1 is 0.900 bits per heavy atom. The zero-order valence-corrected chi connectivity index (χ0v) is 18.9. The molecule has 4 heteroatoms. The number of ether oxygens (including phenoxy) is 1. The molecule has 3 aromatic carbocycles. The van der Waals surface area contributed by atoms with Crippen molar-refractivity contribution >= 4 is 35.4 Å². The van der Waals surface area contributed by atoms with Crippen LogP contribution in [-0.4, -0.2) is 13.2 Å². The van der Waals surface area contributed by atoms with Crippen molar-refractivity contribution in [1.82, 2.24) is 0 Å². The normalized spacial score (nSPS) is 12.3. The Kier molecular flexibility index (Phi) is 7.98. The van der Waals surface area contributed by atoms with E-state index in [0.717, 1.165) is 36.1 Å². The molecule has 0 radical (unpaired) electrons. The van der Waals surface area contributed by atoms with Gasteiger partial charge in [-0.3, -0.25) is 0 Å². The molecule has 156 valence electrons. The molecule has 0 aliphatic rings.